The molecule has 1 aliphatic rings. The van der Waals surface area contributed by atoms with Crippen LogP contribution in [0.3, 0.4) is 0 Å². The zero-order valence-corrected chi connectivity index (χ0v) is 17.9. The molecular formula is C20H26N4O4S. The van der Waals surface area contributed by atoms with Gasteiger partial charge in [-0.3, -0.25) is 10.1 Å². The predicted octanol–water partition coefficient (Wildman–Crippen LogP) is 3.57. The maximum Gasteiger partial charge on any atom is 0.407 e. The lowest BCUT2D eigenvalue weighted by Crippen LogP contribution is -2.41. The van der Waals surface area contributed by atoms with Crippen molar-refractivity contribution < 1.29 is 19.1 Å². The summed E-state index contributed by atoms with van der Waals surface area (Å²) in [6.07, 6.45) is 3.35. The molecule has 0 saturated carbocycles. The Morgan fingerprint density at radius 1 is 1.34 bits per heavy atom. The number of carbonyl (C=O) groups excluding carboxylic acids is 2. The first kappa shape index (κ1) is 21.0. The fourth-order valence-electron chi connectivity index (χ4n) is 3.01. The number of anilines is 1. The van der Waals surface area contributed by atoms with Crippen LogP contribution in [0.2, 0.25) is 0 Å². The van der Waals surface area contributed by atoms with E-state index in [4.69, 9.17) is 9.47 Å². The lowest BCUT2D eigenvalue weighted by Gasteiger charge is -2.25. The molecule has 0 bridgehead atoms. The molecule has 0 spiro atoms. The van der Waals surface area contributed by atoms with Crippen LogP contribution in [0.25, 0.3) is 0 Å². The minimum atomic E-state index is -0.529. The number of alkyl carbamates (subject to hydrolysis) is 1. The monoisotopic (exact) mass is 418 g/mol. The van der Waals surface area contributed by atoms with Gasteiger partial charge in [0.2, 0.25) is 5.88 Å². The number of thiazole rings is 1. The highest BCUT2D eigenvalue weighted by molar-refractivity contribution is 7.15. The Bertz CT molecular complexity index is 891. The molecular weight excluding hydrogens is 392 g/mol. The Morgan fingerprint density at radius 2 is 2.14 bits per heavy atom. The Balaban J connectivity index is 1.64. The number of fused-ring (bicyclic) bond motifs is 1. The van der Waals surface area contributed by atoms with Gasteiger partial charge in [0, 0.05) is 23.5 Å². The third kappa shape index (κ3) is 5.66. The van der Waals surface area contributed by atoms with Gasteiger partial charge in [-0.05, 0) is 52.7 Å². The highest BCUT2D eigenvalue weighted by Gasteiger charge is 2.26. The minimum absolute atomic E-state index is 0.00997. The van der Waals surface area contributed by atoms with Gasteiger partial charge in [-0.25, -0.2) is 14.8 Å². The third-order valence-electron chi connectivity index (χ3n) is 4.18. The van der Waals surface area contributed by atoms with E-state index in [1.54, 1.807) is 18.3 Å². The second kappa shape index (κ2) is 8.77. The van der Waals surface area contributed by atoms with Gasteiger partial charge in [-0.2, -0.15) is 0 Å². The van der Waals surface area contributed by atoms with Crippen LogP contribution in [0.5, 0.6) is 5.88 Å². The highest BCUT2D eigenvalue weighted by atomic mass is 32.1. The molecule has 1 atom stereocenters. The van der Waals surface area contributed by atoms with E-state index in [1.807, 2.05) is 27.7 Å². The second-order valence-electron chi connectivity index (χ2n) is 7.72. The summed E-state index contributed by atoms with van der Waals surface area (Å²) in [6.45, 7) is 7.77. The molecule has 2 aromatic rings. The maximum absolute atomic E-state index is 12.6. The average molecular weight is 419 g/mol. The van der Waals surface area contributed by atoms with Crippen molar-refractivity contribution >= 4 is 28.5 Å². The number of carbonyl (C=O) groups is 2. The van der Waals surface area contributed by atoms with Gasteiger partial charge in [-0.1, -0.05) is 0 Å². The molecule has 2 heterocycles. The SMILES string of the molecule is CCOc1ncccc1C(=O)Nc1nc2c(s1)C[C@@H](NC(=O)OC(C)(C)C)CC2. The molecule has 0 unspecified atom stereocenters. The van der Waals surface area contributed by atoms with Gasteiger partial charge in [0.05, 0.1) is 12.3 Å². The number of aryl methyl sites for hydroxylation is 1. The van der Waals surface area contributed by atoms with E-state index in [1.165, 1.54) is 11.3 Å². The molecule has 29 heavy (non-hydrogen) atoms. The molecule has 0 fully saturated rings. The zero-order valence-electron chi connectivity index (χ0n) is 17.1. The Morgan fingerprint density at radius 3 is 2.86 bits per heavy atom. The summed E-state index contributed by atoms with van der Waals surface area (Å²) in [5, 5.41) is 6.29. The van der Waals surface area contributed by atoms with Crippen LogP contribution in [0.4, 0.5) is 9.93 Å². The Hall–Kier alpha value is -2.68. The van der Waals surface area contributed by atoms with E-state index in [2.05, 4.69) is 20.6 Å². The van der Waals surface area contributed by atoms with Crippen molar-refractivity contribution in [2.45, 2.75) is 58.6 Å². The van der Waals surface area contributed by atoms with Gasteiger partial charge in [-0.15, -0.1) is 11.3 Å². The van der Waals surface area contributed by atoms with Crippen LogP contribution in [0, 0.1) is 0 Å². The van der Waals surface area contributed by atoms with E-state index in [-0.39, 0.29) is 11.9 Å². The summed E-state index contributed by atoms with van der Waals surface area (Å²) in [4.78, 5) is 34.4. The molecule has 3 rings (SSSR count). The van der Waals surface area contributed by atoms with Crippen molar-refractivity contribution in [2.75, 3.05) is 11.9 Å². The van der Waals surface area contributed by atoms with E-state index in [0.29, 0.717) is 29.6 Å². The lowest BCUT2D eigenvalue weighted by molar-refractivity contribution is 0.0500. The molecule has 0 saturated heterocycles. The van der Waals surface area contributed by atoms with Crippen molar-refractivity contribution in [3.63, 3.8) is 0 Å². The topological polar surface area (TPSA) is 102 Å². The fourth-order valence-corrected chi connectivity index (χ4v) is 4.09. The second-order valence-corrected chi connectivity index (χ2v) is 8.80. The number of pyridine rings is 1. The molecule has 2 N–H and O–H groups in total. The van der Waals surface area contributed by atoms with Crippen LogP contribution in [0.15, 0.2) is 18.3 Å². The molecule has 0 radical (unpaired) electrons. The number of rotatable bonds is 5. The number of amides is 2. The highest BCUT2D eigenvalue weighted by Crippen LogP contribution is 2.30. The number of hydrogen-bond donors (Lipinski definition) is 2. The molecule has 156 valence electrons. The molecule has 2 amide bonds. The van der Waals surface area contributed by atoms with Gasteiger partial charge in [0.1, 0.15) is 11.2 Å². The van der Waals surface area contributed by atoms with Crippen LogP contribution < -0.4 is 15.4 Å². The average Bonchev–Trinajstić information content (AvgIpc) is 3.02. The Labute approximate surface area is 174 Å². The molecule has 1 aliphatic carbocycles. The molecule has 0 aromatic carbocycles. The summed E-state index contributed by atoms with van der Waals surface area (Å²) in [6, 6.07) is 3.35. The smallest absolute Gasteiger partial charge is 0.407 e. The van der Waals surface area contributed by atoms with Crippen molar-refractivity contribution in [3.05, 3.63) is 34.5 Å². The van der Waals surface area contributed by atoms with Gasteiger partial charge < -0.3 is 14.8 Å². The van der Waals surface area contributed by atoms with Gasteiger partial charge >= 0.3 is 6.09 Å². The zero-order chi connectivity index (χ0) is 21.0. The van der Waals surface area contributed by atoms with Crippen molar-refractivity contribution in [1.29, 1.82) is 0 Å². The largest absolute Gasteiger partial charge is 0.477 e. The van der Waals surface area contributed by atoms with Crippen molar-refractivity contribution in [2.24, 2.45) is 0 Å². The number of ether oxygens (including phenoxy) is 2. The lowest BCUT2D eigenvalue weighted by atomic mass is 9.98. The minimum Gasteiger partial charge on any atom is -0.477 e. The summed E-state index contributed by atoms with van der Waals surface area (Å²) < 4.78 is 10.8. The van der Waals surface area contributed by atoms with E-state index in [0.717, 1.165) is 23.4 Å². The summed E-state index contributed by atoms with van der Waals surface area (Å²) in [5.74, 6) is -0.00785. The molecule has 9 heteroatoms. The number of nitrogens with zero attached hydrogens (tertiary/aromatic N) is 2. The normalized spacial score (nSPS) is 15.9. The number of nitrogens with one attached hydrogen (secondary N) is 2. The first-order valence-electron chi connectivity index (χ1n) is 9.62. The Kier molecular flexibility index (Phi) is 6.36. The first-order chi connectivity index (χ1) is 13.7. The van der Waals surface area contributed by atoms with Crippen molar-refractivity contribution in [3.8, 4) is 5.88 Å². The van der Waals surface area contributed by atoms with Gasteiger partial charge in [0.25, 0.3) is 5.91 Å². The number of hydrogen-bond acceptors (Lipinski definition) is 7. The summed E-state index contributed by atoms with van der Waals surface area (Å²) in [5.41, 5.74) is 0.800. The van der Waals surface area contributed by atoms with Crippen LogP contribution in [-0.2, 0) is 17.6 Å². The van der Waals surface area contributed by atoms with Gasteiger partial charge in [0.15, 0.2) is 5.13 Å². The summed E-state index contributed by atoms with van der Waals surface area (Å²) >= 11 is 1.43. The van der Waals surface area contributed by atoms with Crippen molar-refractivity contribution in [1.82, 2.24) is 15.3 Å². The van der Waals surface area contributed by atoms with Crippen LogP contribution in [-0.4, -0.2) is 40.2 Å². The van der Waals surface area contributed by atoms with E-state index < -0.39 is 11.7 Å². The van der Waals surface area contributed by atoms with E-state index >= 15 is 0 Å². The fraction of sp³-hybridized carbons (Fsp3) is 0.500. The number of aromatic nitrogens is 2. The standard InChI is InChI=1S/C20H26N4O4S/c1-5-27-17-13(7-6-10-21-17)16(25)24-18-23-14-9-8-12(11-15(14)29-18)22-19(26)28-20(2,3)4/h6-7,10,12H,5,8-9,11H2,1-4H3,(H,22,26)(H,23,24,25)/t12-/m0/s1. The van der Waals surface area contributed by atoms with Crippen LogP contribution >= 0.6 is 11.3 Å². The van der Waals surface area contributed by atoms with Crippen LogP contribution in [0.1, 0.15) is 55.0 Å². The molecule has 2 aromatic heterocycles. The summed E-state index contributed by atoms with van der Waals surface area (Å²) in [7, 11) is 0. The molecule has 8 nitrogen and oxygen atoms in total. The third-order valence-corrected chi connectivity index (χ3v) is 5.21. The predicted molar refractivity (Wildman–Crippen MR) is 111 cm³/mol. The maximum atomic E-state index is 12.6. The van der Waals surface area contributed by atoms with E-state index in [9.17, 15) is 9.59 Å². The first-order valence-corrected chi connectivity index (χ1v) is 10.4. The quantitative estimate of drug-likeness (QED) is 0.770. The molecule has 0 aliphatic heterocycles.